The molecule has 8 nitrogen and oxygen atoms in total. The predicted octanol–water partition coefficient (Wildman–Crippen LogP) is 2.85. The maximum Gasteiger partial charge on any atom is 0.256 e. The minimum absolute atomic E-state index is 0.104. The molecular formula is C21H18FN7O. The Balaban J connectivity index is 1.64. The van der Waals surface area contributed by atoms with E-state index in [1.165, 1.54) is 6.07 Å². The number of fused-ring (bicyclic) bond motifs is 2. The maximum absolute atomic E-state index is 14.7. The molecule has 0 amide bonds. The van der Waals surface area contributed by atoms with E-state index < -0.39 is 11.9 Å². The highest BCUT2D eigenvalue weighted by Crippen LogP contribution is 2.25. The van der Waals surface area contributed by atoms with Crippen molar-refractivity contribution >= 4 is 17.5 Å². The summed E-state index contributed by atoms with van der Waals surface area (Å²) in [6, 6.07) is 2.73. The number of pyridine rings is 2. The summed E-state index contributed by atoms with van der Waals surface area (Å²) >= 11 is 0. The van der Waals surface area contributed by atoms with Gasteiger partial charge in [-0.15, -0.1) is 10.2 Å². The molecule has 5 heterocycles. The van der Waals surface area contributed by atoms with E-state index in [0.717, 1.165) is 0 Å². The van der Waals surface area contributed by atoms with Gasteiger partial charge < -0.3 is 9.13 Å². The fourth-order valence-electron chi connectivity index (χ4n) is 3.65. The van der Waals surface area contributed by atoms with Crippen molar-refractivity contribution in [1.29, 1.82) is 0 Å². The Morgan fingerprint density at radius 2 is 2.10 bits per heavy atom. The zero-order chi connectivity index (χ0) is 20.8. The van der Waals surface area contributed by atoms with Gasteiger partial charge in [0, 0.05) is 43.0 Å². The molecule has 4 aromatic heterocycles. The highest BCUT2D eigenvalue weighted by molar-refractivity contribution is 5.76. The highest BCUT2D eigenvalue weighted by Gasteiger charge is 2.21. The Morgan fingerprint density at radius 3 is 2.90 bits per heavy atom. The van der Waals surface area contributed by atoms with Crippen molar-refractivity contribution in [3.05, 3.63) is 76.8 Å². The van der Waals surface area contributed by atoms with Gasteiger partial charge in [0.2, 0.25) is 0 Å². The van der Waals surface area contributed by atoms with E-state index in [9.17, 15) is 9.18 Å². The average Bonchev–Trinajstić information content (AvgIpc) is 3.28. The number of nitrogens with zero attached hydrogens (tertiary/aromatic N) is 7. The van der Waals surface area contributed by atoms with Crippen LogP contribution in [0.5, 0.6) is 0 Å². The molecule has 0 radical (unpaired) electrons. The maximum atomic E-state index is 14.7. The van der Waals surface area contributed by atoms with Crippen molar-refractivity contribution in [3.63, 3.8) is 0 Å². The Hall–Kier alpha value is -3.88. The van der Waals surface area contributed by atoms with Crippen molar-refractivity contribution < 1.29 is 4.39 Å². The van der Waals surface area contributed by atoms with E-state index in [1.807, 2.05) is 26.1 Å². The summed E-state index contributed by atoms with van der Waals surface area (Å²) in [4.78, 5) is 21.7. The summed E-state index contributed by atoms with van der Waals surface area (Å²) in [5.41, 5.74) is 2.46. The van der Waals surface area contributed by atoms with Crippen LogP contribution in [0.3, 0.4) is 0 Å². The first-order valence-electron chi connectivity index (χ1n) is 9.48. The van der Waals surface area contributed by atoms with Crippen LogP contribution in [0.4, 0.5) is 10.1 Å². The molecule has 1 aliphatic rings. The quantitative estimate of drug-likeness (QED) is 0.527. The molecule has 0 fully saturated rings. The fraction of sp³-hybridized carbons (Fsp3) is 0.190. The van der Waals surface area contributed by atoms with Crippen molar-refractivity contribution in [3.8, 4) is 11.3 Å². The predicted molar refractivity (Wildman–Crippen MR) is 111 cm³/mol. The van der Waals surface area contributed by atoms with Gasteiger partial charge in [-0.05, 0) is 31.6 Å². The van der Waals surface area contributed by atoms with Gasteiger partial charge >= 0.3 is 0 Å². The van der Waals surface area contributed by atoms with Gasteiger partial charge in [-0.1, -0.05) is 6.08 Å². The number of rotatable bonds is 3. The first-order valence-corrected chi connectivity index (χ1v) is 9.48. The van der Waals surface area contributed by atoms with Crippen molar-refractivity contribution in [1.82, 2.24) is 28.7 Å². The molecule has 4 aromatic rings. The number of imidazole rings is 1. The molecule has 0 spiro atoms. The van der Waals surface area contributed by atoms with Crippen LogP contribution in [-0.2, 0) is 13.5 Å². The third kappa shape index (κ3) is 2.86. The standard InChI is InChI=1S/C21H18FN7O/c1-13(28-8-6-17-15(21(28)30)5-3-4-7-23-17)19-25-26-20-16(22)9-14(10-29(19)20)18-11-27(2)12-24-18/h3-4,6-13H,5H2,1-2H3/t13-/m0/s1. The van der Waals surface area contributed by atoms with Crippen LogP contribution < -0.4 is 5.56 Å². The number of aryl methyl sites for hydroxylation is 1. The van der Waals surface area contributed by atoms with Crippen molar-refractivity contribution in [2.75, 3.05) is 0 Å². The molecule has 0 bridgehead atoms. The molecule has 1 aliphatic heterocycles. The molecule has 150 valence electrons. The molecule has 0 N–H and O–H groups in total. The van der Waals surface area contributed by atoms with Crippen LogP contribution >= 0.6 is 0 Å². The van der Waals surface area contributed by atoms with Crippen LogP contribution in [0.25, 0.3) is 16.9 Å². The molecule has 0 unspecified atom stereocenters. The first kappa shape index (κ1) is 18.2. The summed E-state index contributed by atoms with van der Waals surface area (Å²) in [5, 5.41) is 8.19. The molecule has 0 aromatic carbocycles. The summed E-state index contributed by atoms with van der Waals surface area (Å²) in [5.74, 6) is -0.0470. The van der Waals surface area contributed by atoms with E-state index in [-0.39, 0.29) is 11.2 Å². The van der Waals surface area contributed by atoms with E-state index >= 15 is 0 Å². The van der Waals surface area contributed by atoms with Gasteiger partial charge in [0.15, 0.2) is 17.3 Å². The summed E-state index contributed by atoms with van der Waals surface area (Å²) in [6.07, 6.45) is 12.8. The number of aliphatic imine (C=N–C) groups is 1. The molecular weight excluding hydrogens is 385 g/mol. The van der Waals surface area contributed by atoms with Crippen molar-refractivity contribution in [2.45, 2.75) is 19.4 Å². The van der Waals surface area contributed by atoms with E-state index in [2.05, 4.69) is 20.2 Å². The van der Waals surface area contributed by atoms with Gasteiger partial charge in [0.1, 0.15) is 0 Å². The van der Waals surface area contributed by atoms with Crippen LogP contribution in [0.1, 0.15) is 24.4 Å². The SMILES string of the molecule is C[C@@H](c1nnc2c(F)cc(-c3cn(C)cn3)cn12)n1ccc2c(c1=O)CC=CC=N2. The smallest absolute Gasteiger partial charge is 0.256 e. The van der Waals surface area contributed by atoms with Gasteiger partial charge in [-0.3, -0.25) is 14.2 Å². The molecule has 0 saturated heterocycles. The highest BCUT2D eigenvalue weighted by atomic mass is 19.1. The second-order valence-corrected chi connectivity index (χ2v) is 7.23. The lowest BCUT2D eigenvalue weighted by Gasteiger charge is -2.16. The lowest BCUT2D eigenvalue weighted by molar-refractivity contribution is 0.569. The lowest BCUT2D eigenvalue weighted by atomic mass is 10.1. The second kappa shape index (κ2) is 6.87. The summed E-state index contributed by atoms with van der Waals surface area (Å²) < 4.78 is 19.7. The number of halogens is 1. The van der Waals surface area contributed by atoms with Crippen LogP contribution in [0.15, 0.2) is 59.0 Å². The average molecular weight is 403 g/mol. The fourth-order valence-corrected chi connectivity index (χ4v) is 3.65. The van der Waals surface area contributed by atoms with E-state index in [4.69, 9.17) is 0 Å². The lowest BCUT2D eigenvalue weighted by Crippen LogP contribution is -2.27. The van der Waals surface area contributed by atoms with Crippen molar-refractivity contribution in [2.24, 2.45) is 12.0 Å². The normalized spacial score (nSPS) is 14.1. The zero-order valence-electron chi connectivity index (χ0n) is 16.4. The monoisotopic (exact) mass is 403 g/mol. The Bertz CT molecular complexity index is 1390. The minimum atomic E-state index is -0.502. The van der Waals surface area contributed by atoms with E-state index in [1.54, 1.807) is 50.7 Å². The zero-order valence-corrected chi connectivity index (χ0v) is 16.4. The van der Waals surface area contributed by atoms with E-state index in [0.29, 0.717) is 34.8 Å². The Kier molecular flexibility index (Phi) is 4.16. The number of hydrogen-bond acceptors (Lipinski definition) is 5. The Morgan fingerprint density at radius 1 is 1.23 bits per heavy atom. The van der Waals surface area contributed by atoms with Crippen LogP contribution in [-0.4, -0.2) is 34.9 Å². The summed E-state index contributed by atoms with van der Waals surface area (Å²) in [7, 11) is 1.85. The molecule has 0 aliphatic carbocycles. The molecule has 5 rings (SSSR count). The third-order valence-corrected chi connectivity index (χ3v) is 5.23. The van der Waals surface area contributed by atoms with Crippen LogP contribution in [0, 0.1) is 5.82 Å². The topological polar surface area (TPSA) is 82.4 Å². The number of hydrogen-bond donors (Lipinski definition) is 0. The van der Waals surface area contributed by atoms with Crippen LogP contribution in [0.2, 0.25) is 0 Å². The minimum Gasteiger partial charge on any atom is -0.340 e. The van der Waals surface area contributed by atoms with Gasteiger partial charge in [-0.2, -0.15) is 0 Å². The number of allylic oxidation sites excluding steroid dienone is 2. The van der Waals surface area contributed by atoms with Gasteiger partial charge in [0.05, 0.1) is 23.8 Å². The molecule has 30 heavy (non-hydrogen) atoms. The van der Waals surface area contributed by atoms with Gasteiger partial charge in [-0.25, -0.2) is 9.37 Å². The first-order chi connectivity index (χ1) is 14.5. The van der Waals surface area contributed by atoms with Gasteiger partial charge in [0.25, 0.3) is 5.56 Å². The second-order valence-electron chi connectivity index (χ2n) is 7.23. The largest absolute Gasteiger partial charge is 0.340 e. The molecule has 1 atom stereocenters. The number of aromatic nitrogens is 6. The molecule has 0 saturated carbocycles. The Labute approximate surface area is 170 Å². The summed E-state index contributed by atoms with van der Waals surface area (Å²) in [6.45, 7) is 1.84. The third-order valence-electron chi connectivity index (χ3n) is 5.23. The molecule has 9 heteroatoms.